The van der Waals surface area contributed by atoms with E-state index >= 15 is 0 Å². The van der Waals surface area contributed by atoms with Gasteiger partial charge in [-0.05, 0) is 19.9 Å². The molecule has 2 heterocycles. The predicted molar refractivity (Wildman–Crippen MR) is 55.5 cm³/mol. The maximum atomic E-state index is 3.96. The molecule has 1 aliphatic heterocycles. The number of halogens is 1. The van der Waals surface area contributed by atoms with Crippen molar-refractivity contribution in [2.24, 2.45) is 0 Å². The summed E-state index contributed by atoms with van der Waals surface area (Å²) in [5.74, 6) is 0. The zero-order valence-corrected chi connectivity index (χ0v) is 8.45. The largest absolute Gasteiger partial charge is 0.378 e. The number of nitrogens with zero attached hydrogens (tertiary/aromatic N) is 1. The van der Waals surface area contributed by atoms with Crippen molar-refractivity contribution in [1.82, 2.24) is 15.5 Å². The number of hydrogen-bond acceptors (Lipinski definition) is 3. The van der Waals surface area contributed by atoms with Crippen LogP contribution in [0.25, 0.3) is 0 Å². The van der Waals surface area contributed by atoms with Gasteiger partial charge in [0.05, 0.1) is 17.6 Å². The summed E-state index contributed by atoms with van der Waals surface area (Å²) in [4.78, 5) is 0. The summed E-state index contributed by atoms with van der Waals surface area (Å²) in [5, 5.41) is 13.6. The Kier molecular flexibility index (Phi) is 3.57. The summed E-state index contributed by atoms with van der Waals surface area (Å²) in [6.45, 7) is 4.21. The Bertz CT molecular complexity index is 254. The van der Waals surface area contributed by atoms with Crippen molar-refractivity contribution in [2.45, 2.75) is 19.4 Å². The summed E-state index contributed by atoms with van der Waals surface area (Å²) in [7, 11) is 0. The van der Waals surface area contributed by atoms with Gasteiger partial charge in [0.15, 0.2) is 0 Å². The van der Waals surface area contributed by atoms with Gasteiger partial charge in [-0.3, -0.25) is 5.10 Å². The molecule has 1 fully saturated rings. The topological polar surface area (TPSA) is 52.7 Å². The molecule has 1 unspecified atom stereocenters. The molecule has 13 heavy (non-hydrogen) atoms. The highest BCUT2D eigenvalue weighted by molar-refractivity contribution is 5.85. The lowest BCUT2D eigenvalue weighted by molar-refractivity contribution is 0.792. The molecular formula is C8H15ClN4. The van der Waals surface area contributed by atoms with Crippen LogP contribution in [-0.2, 0) is 0 Å². The Morgan fingerprint density at radius 1 is 1.62 bits per heavy atom. The molecule has 0 radical (unpaired) electrons. The second-order valence-corrected chi connectivity index (χ2v) is 3.24. The van der Waals surface area contributed by atoms with Gasteiger partial charge in [0, 0.05) is 12.6 Å². The second kappa shape index (κ2) is 4.48. The predicted octanol–water partition coefficient (Wildman–Crippen LogP) is 0.914. The smallest absolute Gasteiger partial charge is 0.0756 e. The third kappa shape index (κ3) is 2.35. The van der Waals surface area contributed by atoms with E-state index in [2.05, 4.69) is 20.8 Å². The van der Waals surface area contributed by atoms with Crippen LogP contribution >= 0.6 is 12.4 Å². The minimum Gasteiger partial charge on any atom is -0.378 e. The molecule has 3 N–H and O–H groups in total. The van der Waals surface area contributed by atoms with Gasteiger partial charge in [-0.2, -0.15) is 5.10 Å². The first-order valence-electron chi connectivity index (χ1n) is 4.33. The standard InChI is InChI=1S/C8H14N4.ClH/c1-6-8(5-10-12-6)11-7-2-3-9-4-7;/h5,7,9,11H,2-4H2,1H3,(H,10,12);1H. The summed E-state index contributed by atoms with van der Waals surface area (Å²) in [5.41, 5.74) is 2.24. The molecule has 4 nitrogen and oxygen atoms in total. The molecule has 74 valence electrons. The second-order valence-electron chi connectivity index (χ2n) is 3.24. The lowest BCUT2D eigenvalue weighted by Crippen LogP contribution is -2.22. The molecule has 0 spiro atoms. The molecule has 1 aromatic heterocycles. The number of hydrogen-bond donors (Lipinski definition) is 3. The third-order valence-electron chi connectivity index (χ3n) is 2.25. The lowest BCUT2D eigenvalue weighted by atomic mass is 10.2. The van der Waals surface area contributed by atoms with Crippen LogP contribution in [-0.4, -0.2) is 29.3 Å². The Labute approximate surface area is 83.9 Å². The number of H-pyrrole nitrogens is 1. The van der Waals surface area contributed by atoms with Gasteiger partial charge in [0.1, 0.15) is 0 Å². The fraction of sp³-hybridized carbons (Fsp3) is 0.625. The average molecular weight is 203 g/mol. The van der Waals surface area contributed by atoms with Crippen LogP contribution in [0.3, 0.4) is 0 Å². The summed E-state index contributed by atoms with van der Waals surface area (Å²) >= 11 is 0. The average Bonchev–Trinajstić information content (AvgIpc) is 2.65. The van der Waals surface area contributed by atoms with E-state index in [0.717, 1.165) is 24.5 Å². The molecule has 0 saturated carbocycles. The summed E-state index contributed by atoms with van der Waals surface area (Å²) in [6, 6.07) is 0.571. The molecule has 2 rings (SSSR count). The van der Waals surface area contributed by atoms with Crippen LogP contribution < -0.4 is 10.6 Å². The first-order valence-corrected chi connectivity index (χ1v) is 4.33. The third-order valence-corrected chi connectivity index (χ3v) is 2.25. The van der Waals surface area contributed by atoms with E-state index < -0.39 is 0 Å². The van der Waals surface area contributed by atoms with Crippen molar-refractivity contribution in [3.05, 3.63) is 11.9 Å². The van der Waals surface area contributed by atoms with Crippen molar-refractivity contribution in [3.8, 4) is 0 Å². The van der Waals surface area contributed by atoms with Gasteiger partial charge in [0.25, 0.3) is 0 Å². The van der Waals surface area contributed by atoms with E-state index in [1.165, 1.54) is 6.42 Å². The Hall–Kier alpha value is -0.740. The Balaban J connectivity index is 0.000000845. The SMILES string of the molecule is Cc1[nH]ncc1NC1CCNC1.Cl. The molecular weight excluding hydrogens is 188 g/mol. The molecule has 5 heteroatoms. The van der Waals surface area contributed by atoms with Gasteiger partial charge < -0.3 is 10.6 Å². The Morgan fingerprint density at radius 3 is 3.00 bits per heavy atom. The van der Waals surface area contributed by atoms with Gasteiger partial charge in [-0.15, -0.1) is 12.4 Å². The van der Waals surface area contributed by atoms with Crippen molar-refractivity contribution in [2.75, 3.05) is 18.4 Å². The molecule has 0 amide bonds. The zero-order valence-electron chi connectivity index (χ0n) is 7.63. The van der Waals surface area contributed by atoms with E-state index in [4.69, 9.17) is 0 Å². The zero-order chi connectivity index (χ0) is 8.39. The summed E-state index contributed by atoms with van der Waals surface area (Å²) in [6.07, 6.45) is 3.04. The quantitative estimate of drug-likeness (QED) is 0.669. The van der Waals surface area contributed by atoms with Gasteiger partial charge >= 0.3 is 0 Å². The van der Waals surface area contributed by atoms with Crippen molar-refractivity contribution in [3.63, 3.8) is 0 Å². The van der Waals surface area contributed by atoms with Crippen molar-refractivity contribution < 1.29 is 0 Å². The van der Waals surface area contributed by atoms with E-state index in [-0.39, 0.29) is 12.4 Å². The minimum absolute atomic E-state index is 0. The van der Waals surface area contributed by atoms with Crippen LogP contribution in [0, 0.1) is 6.92 Å². The lowest BCUT2D eigenvalue weighted by Gasteiger charge is -2.10. The van der Waals surface area contributed by atoms with E-state index in [9.17, 15) is 0 Å². The van der Waals surface area contributed by atoms with Crippen molar-refractivity contribution in [1.29, 1.82) is 0 Å². The van der Waals surface area contributed by atoms with Crippen LogP contribution in [0.4, 0.5) is 5.69 Å². The normalized spacial score (nSPS) is 21.2. The van der Waals surface area contributed by atoms with Gasteiger partial charge in [-0.1, -0.05) is 0 Å². The van der Waals surface area contributed by atoms with E-state index in [1.807, 2.05) is 13.1 Å². The monoisotopic (exact) mass is 202 g/mol. The first kappa shape index (κ1) is 10.3. The maximum absolute atomic E-state index is 3.96. The number of aromatic amines is 1. The first-order chi connectivity index (χ1) is 5.86. The molecule has 0 bridgehead atoms. The number of aromatic nitrogens is 2. The highest BCUT2D eigenvalue weighted by atomic mass is 35.5. The molecule has 1 aliphatic rings. The fourth-order valence-electron chi connectivity index (χ4n) is 1.49. The number of anilines is 1. The van der Waals surface area contributed by atoms with Crippen LogP contribution in [0.2, 0.25) is 0 Å². The number of rotatable bonds is 2. The van der Waals surface area contributed by atoms with Gasteiger partial charge in [0.2, 0.25) is 0 Å². The van der Waals surface area contributed by atoms with E-state index in [1.54, 1.807) is 0 Å². The Morgan fingerprint density at radius 2 is 2.46 bits per heavy atom. The van der Waals surface area contributed by atoms with Crippen LogP contribution in [0.5, 0.6) is 0 Å². The molecule has 1 saturated heterocycles. The van der Waals surface area contributed by atoms with Gasteiger partial charge in [-0.25, -0.2) is 0 Å². The highest BCUT2D eigenvalue weighted by Gasteiger charge is 2.14. The number of aryl methyl sites for hydroxylation is 1. The van der Waals surface area contributed by atoms with Crippen molar-refractivity contribution >= 4 is 18.1 Å². The minimum atomic E-state index is 0. The molecule has 1 atom stereocenters. The van der Waals surface area contributed by atoms with Crippen LogP contribution in [0.15, 0.2) is 6.20 Å². The molecule has 0 aliphatic carbocycles. The maximum Gasteiger partial charge on any atom is 0.0756 e. The highest BCUT2D eigenvalue weighted by Crippen LogP contribution is 2.13. The molecule has 0 aromatic carbocycles. The summed E-state index contributed by atoms with van der Waals surface area (Å²) < 4.78 is 0. The molecule has 1 aromatic rings. The van der Waals surface area contributed by atoms with Crippen LogP contribution in [0.1, 0.15) is 12.1 Å². The number of nitrogens with one attached hydrogen (secondary N) is 3. The fourth-order valence-corrected chi connectivity index (χ4v) is 1.49. The van der Waals surface area contributed by atoms with E-state index in [0.29, 0.717) is 6.04 Å².